The van der Waals surface area contributed by atoms with E-state index in [0.29, 0.717) is 5.92 Å². The summed E-state index contributed by atoms with van der Waals surface area (Å²) < 4.78 is 5.34. The van der Waals surface area contributed by atoms with Crippen LogP contribution in [0, 0.1) is 11.8 Å². The molecule has 0 aliphatic carbocycles. The van der Waals surface area contributed by atoms with Gasteiger partial charge in [-0.25, -0.2) is 0 Å². The molecule has 4 nitrogen and oxygen atoms in total. The molecule has 0 aromatic heterocycles. The molecule has 0 aromatic rings. The molecule has 2 heterocycles. The molecule has 92 valence electrons. The zero-order valence-electron chi connectivity index (χ0n) is 10.00. The van der Waals surface area contributed by atoms with E-state index in [1.54, 1.807) is 0 Å². The van der Waals surface area contributed by atoms with E-state index >= 15 is 0 Å². The van der Waals surface area contributed by atoms with E-state index in [1.165, 1.54) is 0 Å². The highest BCUT2D eigenvalue weighted by Crippen LogP contribution is 2.17. The third-order valence-electron chi connectivity index (χ3n) is 3.71. The number of hydrogen-bond acceptors (Lipinski definition) is 3. The van der Waals surface area contributed by atoms with Gasteiger partial charge in [-0.05, 0) is 32.7 Å². The first-order chi connectivity index (χ1) is 7.77. The molecule has 1 amide bonds. The van der Waals surface area contributed by atoms with Crippen molar-refractivity contribution in [2.45, 2.75) is 32.2 Å². The van der Waals surface area contributed by atoms with Crippen molar-refractivity contribution >= 4 is 5.91 Å². The van der Waals surface area contributed by atoms with E-state index in [4.69, 9.17) is 4.74 Å². The first kappa shape index (κ1) is 11.9. The Bertz CT molecular complexity index is 233. The number of rotatable bonds is 3. The SMILES string of the molecule is CC(NC(=O)[C@@H]1CCCNC1)C1CCOC1. The second-order valence-corrected chi connectivity index (χ2v) is 4.96. The number of amides is 1. The molecular weight excluding hydrogens is 204 g/mol. The molecule has 2 aliphatic rings. The smallest absolute Gasteiger partial charge is 0.224 e. The topological polar surface area (TPSA) is 50.4 Å². The average molecular weight is 226 g/mol. The molecule has 0 spiro atoms. The highest BCUT2D eigenvalue weighted by Gasteiger charge is 2.27. The maximum atomic E-state index is 12.0. The van der Waals surface area contributed by atoms with Gasteiger partial charge < -0.3 is 15.4 Å². The van der Waals surface area contributed by atoms with Crippen LogP contribution in [-0.2, 0) is 9.53 Å². The summed E-state index contributed by atoms with van der Waals surface area (Å²) in [5.74, 6) is 0.880. The zero-order valence-corrected chi connectivity index (χ0v) is 10.00. The van der Waals surface area contributed by atoms with Crippen LogP contribution in [0.5, 0.6) is 0 Å². The van der Waals surface area contributed by atoms with Gasteiger partial charge in [-0.15, -0.1) is 0 Å². The quantitative estimate of drug-likeness (QED) is 0.738. The normalized spacial score (nSPS) is 32.3. The van der Waals surface area contributed by atoms with Crippen molar-refractivity contribution in [2.24, 2.45) is 11.8 Å². The van der Waals surface area contributed by atoms with Crippen LogP contribution in [0.4, 0.5) is 0 Å². The van der Waals surface area contributed by atoms with Gasteiger partial charge in [0.15, 0.2) is 0 Å². The van der Waals surface area contributed by atoms with Crippen LogP contribution < -0.4 is 10.6 Å². The summed E-state index contributed by atoms with van der Waals surface area (Å²) in [4.78, 5) is 12.0. The maximum absolute atomic E-state index is 12.0. The number of carbonyl (C=O) groups excluding carboxylic acids is 1. The lowest BCUT2D eigenvalue weighted by atomic mass is 9.96. The van der Waals surface area contributed by atoms with E-state index in [2.05, 4.69) is 17.6 Å². The third kappa shape index (κ3) is 2.95. The highest BCUT2D eigenvalue weighted by molar-refractivity contribution is 5.79. The molecule has 4 heteroatoms. The fourth-order valence-electron chi connectivity index (χ4n) is 2.48. The van der Waals surface area contributed by atoms with Gasteiger partial charge in [-0.1, -0.05) is 0 Å². The molecule has 2 saturated heterocycles. The van der Waals surface area contributed by atoms with Crippen molar-refractivity contribution in [2.75, 3.05) is 26.3 Å². The minimum absolute atomic E-state index is 0.165. The van der Waals surface area contributed by atoms with E-state index < -0.39 is 0 Å². The predicted octanol–water partition coefficient (Wildman–Crippen LogP) is 0.527. The molecule has 0 radical (unpaired) electrons. The number of piperidine rings is 1. The minimum Gasteiger partial charge on any atom is -0.381 e. The Morgan fingerprint density at radius 1 is 1.50 bits per heavy atom. The summed E-state index contributed by atoms with van der Waals surface area (Å²) >= 11 is 0. The van der Waals surface area contributed by atoms with Crippen molar-refractivity contribution in [1.29, 1.82) is 0 Å². The fourth-order valence-corrected chi connectivity index (χ4v) is 2.48. The van der Waals surface area contributed by atoms with E-state index in [1.807, 2.05) is 0 Å². The Morgan fingerprint density at radius 2 is 2.38 bits per heavy atom. The number of carbonyl (C=O) groups is 1. The van der Waals surface area contributed by atoms with Gasteiger partial charge in [-0.3, -0.25) is 4.79 Å². The van der Waals surface area contributed by atoms with Crippen LogP contribution in [0.3, 0.4) is 0 Å². The van der Waals surface area contributed by atoms with Gasteiger partial charge in [0.1, 0.15) is 0 Å². The van der Waals surface area contributed by atoms with Crippen molar-refractivity contribution in [3.63, 3.8) is 0 Å². The van der Waals surface area contributed by atoms with Crippen LogP contribution in [0.1, 0.15) is 26.2 Å². The average Bonchev–Trinajstić information content (AvgIpc) is 2.83. The van der Waals surface area contributed by atoms with Gasteiger partial charge in [0.25, 0.3) is 0 Å². The molecule has 2 unspecified atom stereocenters. The summed E-state index contributed by atoms with van der Waals surface area (Å²) in [6, 6.07) is 0.247. The number of hydrogen-bond donors (Lipinski definition) is 2. The van der Waals surface area contributed by atoms with E-state index in [0.717, 1.165) is 45.6 Å². The summed E-state index contributed by atoms with van der Waals surface area (Å²) in [7, 11) is 0. The van der Waals surface area contributed by atoms with Crippen molar-refractivity contribution in [1.82, 2.24) is 10.6 Å². The monoisotopic (exact) mass is 226 g/mol. The van der Waals surface area contributed by atoms with Crippen LogP contribution in [0.2, 0.25) is 0 Å². The summed E-state index contributed by atoms with van der Waals surface area (Å²) in [5, 5.41) is 6.41. The number of ether oxygens (including phenoxy) is 1. The van der Waals surface area contributed by atoms with Gasteiger partial charge in [-0.2, -0.15) is 0 Å². The lowest BCUT2D eigenvalue weighted by Crippen LogP contribution is -2.45. The van der Waals surface area contributed by atoms with E-state index in [-0.39, 0.29) is 17.9 Å². The Morgan fingerprint density at radius 3 is 3.00 bits per heavy atom. The molecule has 3 atom stereocenters. The van der Waals surface area contributed by atoms with Crippen molar-refractivity contribution in [3.8, 4) is 0 Å². The third-order valence-corrected chi connectivity index (χ3v) is 3.71. The molecule has 2 N–H and O–H groups in total. The molecule has 0 bridgehead atoms. The Kier molecular flexibility index (Phi) is 4.18. The maximum Gasteiger partial charge on any atom is 0.224 e. The van der Waals surface area contributed by atoms with Crippen LogP contribution in [0.25, 0.3) is 0 Å². The van der Waals surface area contributed by atoms with Gasteiger partial charge in [0.2, 0.25) is 5.91 Å². The predicted molar refractivity (Wildman–Crippen MR) is 62.1 cm³/mol. The van der Waals surface area contributed by atoms with Crippen LogP contribution >= 0.6 is 0 Å². The lowest BCUT2D eigenvalue weighted by molar-refractivity contribution is -0.126. The van der Waals surface area contributed by atoms with Crippen LogP contribution in [-0.4, -0.2) is 38.3 Å². The number of nitrogens with one attached hydrogen (secondary N) is 2. The van der Waals surface area contributed by atoms with Crippen molar-refractivity contribution in [3.05, 3.63) is 0 Å². The minimum atomic E-state index is 0.165. The van der Waals surface area contributed by atoms with Crippen LogP contribution in [0.15, 0.2) is 0 Å². The molecule has 0 aromatic carbocycles. The summed E-state index contributed by atoms with van der Waals surface area (Å²) in [6.07, 6.45) is 3.20. The largest absolute Gasteiger partial charge is 0.381 e. The summed E-state index contributed by atoms with van der Waals surface area (Å²) in [5.41, 5.74) is 0. The standard InChI is InChI=1S/C12H22N2O2/c1-9(11-4-6-16-8-11)14-12(15)10-3-2-5-13-7-10/h9-11,13H,2-8H2,1H3,(H,14,15)/t9?,10-,11?/m1/s1. The van der Waals surface area contributed by atoms with E-state index in [9.17, 15) is 4.79 Å². The van der Waals surface area contributed by atoms with Gasteiger partial charge in [0.05, 0.1) is 12.5 Å². The first-order valence-corrected chi connectivity index (χ1v) is 6.36. The fraction of sp³-hybridized carbons (Fsp3) is 0.917. The van der Waals surface area contributed by atoms with Gasteiger partial charge in [0, 0.05) is 25.1 Å². The Labute approximate surface area is 97.1 Å². The van der Waals surface area contributed by atoms with Gasteiger partial charge >= 0.3 is 0 Å². The first-order valence-electron chi connectivity index (χ1n) is 6.36. The Hall–Kier alpha value is -0.610. The molecular formula is C12H22N2O2. The zero-order chi connectivity index (χ0) is 11.4. The molecule has 2 fully saturated rings. The lowest BCUT2D eigenvalue weighted by Gasteiger charge is -2.26. The molecule has 2 aliphatic heterocycles. The Balaban J connectivity index is 1.76. The van der Waals surface area contributed by atoms with Crippen molar-refractivity contribution < 1.29 is 9.53 Å². The second-order valence-electron chi connectivity index (χ2n) is 4.96. The summed E-state index contributed by atoms with van der Waals surface area (Å²) in [6.45, 7) is 5.61. The molecule has 0 saturated carbocycles. The molecule has 2 rings (SSSR count). The molecule has 16 heavy (non-hydrogen) atoms. The highest BCUT2D eigenvalue weighted by atomic mass is 16.5. The second kappa shape index (κ2) is 5.64.